The molecule has 0 amide bonds. The summed E-state index contributed by atoms with van der Waals surface area (Å²) in [6.45, 7) is 0.415. The number of nitrogens with two attached hydrogens (primary N) is 1. The number of halogens is 1. The molecule has 4 nitrogen and oxygen atoms in total. The van der Waals surface area contributed by atoms with Crippen LogP contribution >= 0.6 is 23.1 Å². The number of thioether (sulfide) groups is 1. The van der Waals surface area contributed by atoms with E-state index in [9.17, 15) is 4.39 Å². The van der Waals surface area contributed by atoms with Gasteiger partial charge in [0.15, 0.2) is 4.34 Å². The second-order valence-corrected chi connectivity index (χ2v) is 6.99. The summed E-state index contributed by atoms with van der Waals surface area (Å²) < 4.78 is 19.4. The zero-order valence-corrected chi connectivity index (χ0v) is 13.7. The van der Waals surface area contributed by atoms with Gasteiger partial charge in [0.2, 0.25) is 5.13 Å². The molecule has 7 heteroatoms. The maximum Gasteiger partial charge on any atom is 0.203 e. The first kappa shape index (κ1) is 15.8. The number of rotatable bonds is 6. The molecule has 0 atom stereocenters. The van der Waals surface area contributed by atoms with Crippen molar-refractivity contribution >= 4 is 28.2 Å². The highest BCUT2D eigenvalue weighted by molar-refractivity contribution is 8.00. The number of nitrogens with zero attached hydrogens (tertiary/aromatic N) is 2. The van der Waals surface area contributed by atoms with Crippen LogP contribution in [0.4, 0.5) is 9.52 Å². The zero-order chi connectivity index (χ0) is 16.1. The summed E-state index contributed by atoms with van der Waals surface area (Å²) in [6.07, 6.45) is 0. The minimum atomic E-state index is -0.243. The fraction of sp³-hybridized carbons (Fsp3) is 0.125. The molecular weight excluding hydrogens is 333 g/mol. The zero-order valence-electron chi connectivity index (χ0n) is 12.1. The first-order valence-electron chi connectivity index (χ1n) is 6.87. The summed E-state index contributed by atoms with van der Waals surface area (Å²) in [7, 11) is 0. The van der Waals surface area contributed by atoms with Gasteiger partial charge in [0.25, 0.3) is 0 Å². The van der Waals surface area contributed by atoms with Crippen molar-refractivity contribution < 1.29 is 9.13 Å². The number of benzene rings is 2. The number of hydrogen-bond acceptors (Lipinski definition) is 6. The molecule has 23 heavy (non-hydrogen) atoms. The van der Waals surface area contributed by atoms with E-state index in [1.54, 1.807) is 23.9 Å². The van der Waals surface area contributed by atoms with Gasteiger partial charge in [0.1, 0.15) is 18.2 Å². The molecule has 0 aliphatic rings. The highest BCUT2D eigenvalue weighted by Crippen LogP contribution is 2.27. The van der Waals surface area contributed by atoms with Crippen LogP contribution in [0.5, 0.6) is 5.75 Å². The van der Waals surface area contributed by atoms with Gasteiger partial charge in [0.05, 0.1) is 0 Å². The van der Waals surface area contributed by atoms with Crippen molar-refractivity contribution in [1.29, 1.82) is 0 Å². The Morgan fingerprint density at radius 2 is 1.70 bits per heavy atom. The van der Waals surface area contributed by atoms with Gasteiger partial charge in [-0.2, -0.15) is 0 Å². The van der Waals surface area contributed by atoms with Gasteiger partial charge in [-0.1, -0.05) is 47.4 Å². The fourth-order valence-electron chi connectivity index (χ4n) is 1.85. The predicted molar refractivity (Wildman–Crippen MR) is 91.1 cm³/mol. The summed E-state index contributed by atoms with van der Waals surface area (Å²) in [5.41, 5.74) is 7.65. The lowest BCUT2D eigenvalue weighted by atomic mass is 10.2. The van der Waals surface area contributed by atoms with Crippen molar-refractivity contribution in [3.05, 3.63) is 65.5 Å². The van der Waals surface area contributed by atoms with Crippen molar-refractivity contribution in [3.63, 3.8) is 0 Å². The summed E-state index contributed by atoms with van der Waals surface area (Å²) in [6, 6.07) is 14.2. The van der Waals surface area contributed by atoms with Crippen LogP contribution in [0, 0.1) is 5.82 Å². The predicted octanol–water partition coefficient (Wildman–Crippen LogP) is 4.13. The third-order valence-corrected chi connectivity index (χ3v) is 4.98. The Balaban J connectivity index is 1.51. The number of hydrogen-bond donors (Lipinski definition) is 1. The largest absolute Gasteiger partial charge is 0.489 e. The first-order valence-corrected chi connectivity index (χ1v) is 8.67. The van der Waals surface area contributed by atoms with E-state index in [1.807, 2.05) is 24.3 Å². The molecule has 2 N–H and O–H groups in total. The molecule has 1 heterocycles. The molecule has 0 radical (unpaired) electrons. The topological polar surface area (TPSA) is 61.0 Å². The number of nitrogen functional groups attached to an aromatic ring is 1. The molecule has 0 fully saturated rings. The summed E-state index contributed by atoms with van der Waals surface area (Å²) >= 11 is 2.98. The van der Waals surface area contributed by atoms with Crippen molar-refractivity contribution in [2.24, 2.45) is 0 Å². The minimum absolute atomic E-state index is 0.243. The molecule has 3 rings (SSSR count). The molecule has 0 saturated heterocycles. The van der Waals surface area contributed by atoms with Gasteiger partial charge in [-0.05, 0) is 35.4 Å². The lowest BCUT2D eigenvalue weighted by Gasteiger charge is -2.07. The molecular formula is C16H14FN3OS2. The van der Waals surface area contributed by atoms with Crippen LogP contribution in [0.15, 0.2) is 52.9 Å². The van der Waals surface area contributed by atoms with Crippen LogP contribution in [-0.2, 0) is 12.4 Å². The van der Waals surface area contributed by atoms with Crippen LogP contribution in [0.1, 0.15) is 11.1 Å². The van der Waals surface area contributed by atoms with E-state index in [4.69, 9.17) is 10.5 Å². The lowest BCUT2D eigenvalue weighted by Crippen LogP contribution is -1.95. The lowest BCUT2D eigenvalue weighted by molar-refractivity contribution is 0.306. The van der Waals surface area contributed by atoms with Crippen molar-refractivity contribution in [1.82, 2.24) is 10.2 Å². The van der Waals surface area contributed by atoms with E-state index in [1.165, 1.54) is 23.5 Å². The van der Waals surface area contributed by atoms with Crippen LogP contribution in [-0.4, -0.2) is 10.2 Å². The van der Waals surface area contributed by atoms with Crippen LogP contribution in [0.25, 0.3) is 0 Å². The molecule has 2 aromatic carbocycles. The SMILES string of the molecule is Nc1nnc(SCc2ccc(OCc3ccc(F)cc3)cc2)s1. The van der Waals surface area contributed by atoms with E-state index in [0.29, 0.717) is 11.7 Å². The summed E-state index contributed by atoms with van der Waals surface area (Å²) in [4.78, 5) is 0. The standard InChI is InChI=1S/C16H14FN3OS2/c17-13-5-1-11(2-6-13)9-21-14-7-3-12(4-8-14)10-22-16-20-19-15(18)23-16/h1-8H,9-10H2,(H2,18,19). The van der Waals surface area contributed by atoms with Crippen molar-refractivity contribution in [3.8, 4) is 5.75 Å². The molecule has 118 valence electrons. The Hall–Kier alpha value is -2.12. The number of aromatic nitrogens is 2. The number of ether oxygens (including phenoxy) is 1. The molecule has 3 aromatic rings. The Bertz CT molecular complexity index is 760. The molecule has 0 saturated carbocycles. The van der Waals surface area contributed by atoms with Crippen LogP contribution in [0.2, 0.25) is 0 Å². The van der Waals surface area contributed by atoms with Gasteiger partial charge in [-0.3, -0.25) is 0 Å². The van der Waals surface area contributed by atoms with Gasteiger partial charge < -0.3 is 10.5 Å². The van der Waals surface area contributed by atoms with Gasteiger partial charge in [-0.15, -0.1) is 10.2 Å². The van der Waals surface area contributed by atoms with Gasteiger partial charge in [-0.25, -0.2) is 4.39 Å². The van der Waals surface area contributed by atoms with Gasteiger partial charge >= 0.3 is 0 Å². The third-order valence-electron chi connectivity index (χ3n) is 3.03. The van der Waals surface area contributed by atoms with E-state index in [2.05, 4.69) is 10.2 Å². The normalized spacial score (nSPS) is 10.7. The highest BCUT2D eigenvalue weighted by atomic mass is 32.2. The second-order valence-electron chi connectivity index (χ2n) is 4.75. The Labute approximate surface area is 141 Å². The summed E-state index contributed by atoms with van der Waals surface area (Å²) in [5, 5.41) is 8.24. The smallest absolute Gasteiger partial charge is 0.203 e. The minimum Gasteiger partial charge on any atom is -0.489 e. The van der Waals surface area contributed by atoms with Crippen molar-refractivity contribution in [2.75, 3.05) is 5.73 Å². The van der Waals surface area contributed by atoms with E-state index in [0.717, 1.165) is 27.0 Å². The second kappa shape index (κ2) is 7.43. The average molecular weight is 347 g/mol. The van der Waals surface area contributed by atoms with E-state index >= 15 is 0 Å². The maximum atomic E-state index is 12.8. The van der Waals surface area contributed by atoms with Crippen LogP contribution < -0.4 is 10.5 Å². The molecule has 0 unspecified atom stereocenters. The van der Waals surface area contributed by atoms with Gasteiger partial charge in [0, 0.05) is 5.75 Å². The monoisotopic (exact) mass is 347 g/mol. The highest BCUT2D eigenvalue weighted by Gasteiger charge is 2.03. The molecule has 0 spiro atoms. The molecule has 0 aliphatic carbocycles. The Morgan fingerprint density at radius 3 is 2.35 bits per heavy atom. The quantitative estimate of drug-likeness (QED) is 0.679. The number of anilines is 1. The third kappa shape index (κ3) is 4.67. The Morgan fingerprint density at radius 1 is 1.00 bits per heavy atom. The maximum absolute atomic E-state index is 12.8. The fourth-order valence-corrected chi connectivity index (χ4v) is 3.44. The van der Waals surface area contributed by atoms with Crippen molar-refractivity contribution in [2.45, 2.75) is 16.7 Å². The molecule has 1 aromatic heterocycles. The Kier molecular flexibility index (Phi) is 5.09. The molecule has 0 bridgehead atoms. The van der Waals surface area contributed by atoms with Crippen LogP contribution in [0.3, 0.4) is 0 Å². The van der Waals surface area contributed by atoms with E-state index in [-0.39, 0.29) is 5.82 Å². The first-order chi connectivity index (χ1) is 11.2. The summed E-state index contributed by atoms with van der Waals surface area (Å²) in [5.74, 6) is 1.34. The average Bonchev–Trinajstić information content (AvgIpc) is 2.99. The molecule has 0 aliphatic heterocycles. The van der Waals surface area contributed by atoms with E-state index < -0.39 is 0 Å².